The first kappa shape index (κ1) is 23.0. The van der Waals surface area contributed by atoms with Gasteiger partial charge in [0.1, 0.15) is 17.3 Å². The molecule has 1 aliphatic carbocycles. The third-order valence-corrected chi connectivity index (χ3v) is 6.98. The Morgan fingerprint density at radius 3 is 2.32 bits per heavy atom. The van der Waals surface area contributed by atoms with Crippen LogP contribution in [0.3, 0.4) is 0 Å². The van der Waals surface area contributed by atoms with Crippen LogP contribution in [0.15, 0.2) is 103 Å². The zero-order valence-electron chi connectivity index (χ0n) is 20.2. The Morgan fingerprint density at radius 2 is 1.59 bits per heavy atom. The number of rotatable bonds is 8. The highest BCUT2D eigenvalue weighted by Crippen LogP contribution is 2.41. The highest BCUT2D eigenvalue weighted by Gasteiger charge is 2.30. The molecular weight excluding hydrogens is 465 g/mol. The van der Waals surface area contributed by atoms with Crippen molar-refractivity contribution in [2.75, 3.05) is 6.61 Å². The van der Waals surface area contributed by atoms with Crippen molar-refractivity contribution in [1.82, 2.24) is 4.57 Å². The molecule has 0 amide bonds. The topological polar surface area (TPSA) is 51.5 Å². The lowest BCUT2D eigenvalue weighted by atomic mass is 9.97. The van der Waals surface area contributed by atoms with Gasteiger partial charge in [-0.15, -0.1) is 0 Å². The molecule has 0 saturated heterocycles. The van der Waals surface area contributed by atoms with Crippen LogP contribution in [0.5, 0.6) is 5.75 Å². The number of ether oxygens (including phenoxy) is 1. The summed E-state index contributed by atoms with van der Waals surface area (Å²) in [5, 5.41) is 11.5. The van der Waals surface area contributed by atoms with E-state index in [1.165, 1.54) is 25.0 Å². The Hall–Kier alpha value is -4.38. The van der Waals surface area contributed by atoms with E-state index in [-0.39, 0.29) is 11.5 Å². The molecule has 0 spiro atoms. The van der Waals surface area contributed by atoms with Crippen molar-refractivity contribution < 1.29 is 19.0 Å². The molecule has 1 saturated carbocycles. The average molecular weight is 492 g/mol. The van der Waals surface area contributed by atoms with Gasteiger partial charge < -0.3 is 14.4 Å². The molecule has 1 heterocycles. The number of benzene rings is 4. The van der Waals surface area contributed by atoms with Gasteiger partial charge in [0.15, 0.2) is 0 Å². The van der Waals surface area contributed by atoms with E-state index >= 15 is 0 Å². The molecule has 1 aliphatic rings. The summed E-state index contributed by atoms with van der Waals surface area (Å²) in [6.07, 6.45) is 2.39. The summed E-state index contributed by atoms with van der Waals surface area (Å²) in [4.78, 5) is 13.0. The number of aromatic carboxylic acids is 1. The van der Waals surface area contributed by atoms with Crippen LogP contribution in [-0.2, 0) is 0 Å². The fraction of sp³-hybridized carbons (Fsp3) is 0.156. The maximum Gasteiger partial charge on any atom is 0.353 e. The molecule has 4 nitrogen and oxygen atoms in total. The van der Waals surface area contributed by atoms with Crippen molar-refractivity contribution in [3.05, 3.63) is 126 Å². The van der Waals surface area contributed by atoms with Crippen molar-refractivity contribution in [3.8, 4) is 16.9 Å². The molecule has 1 aromatic heterocycles. The van der Waals surface area contributed by atoms with E-state index in [1.54, 1.807) is 12.1 Å². The first-order chi connectivity index (χ1) is 18.1. The lowest BCUT2D eigenvalue weighted by molar-refractivity contribution is 0.0686. The van der Waals surface area contributed by atoms with Crippen molar-refractivity contribution in [2.45, 2.75) is 18.9 Å². The third-order valence-electron chi connectivity index (χ3n) is 6.98. The molecule has 5 aromatic rings. The molecule has 4 aromatic carbocycles. The number of aromatic nitrogens is 1. The summed E-state index contributed by atoms with van der Waals surface area (Å²) >= 11 is 0. The third kappa shape index (κ3) is 4.49. The van der Waals surface area contributed by atoms with E-state index in [0.29, 0.717) is 18.1 Å². The van der Waals surface area contributed by atoms with E-state index in [1.807, 2.05) is 83.4 Å². The van der Waals surface area contributed by atoms with E-state index in [0.717, 1.165) is 33.3 Å². The number of carboxylic acid groups (broad SMARTS) is 1. The summed E-state index contributed by atoms with van der Waals surface area (Å²) in [6, 6.07) is 30.9. The van der Waals surface area contributed by atoms with E-state index < -0.39 is 12.0 Å². The van der Waals surface area contributed by atoms with Gasteiger partial charge in [-0.25, -0.2) is 9.18 Å². The monoisotopic (exact) mass is 491 g/mol. The molecule has 37 heavy (non-hydrogen) atoms. The highest BCUT2D eigenvalue weighted by atomic mass is 19.1. The molecule has 1 unspecified atom stereocenters. The van der Waals surface area contributed by atoms with Gasteiger partial charge in [-0.05, 0) is 65.8 Å². The van der Waals surface area contributed by atoms with Crippen LogP contribution in [0, 0.1) is 11.7 Å². The van der Waals surface area contributed by atoms with Crippen molar-refractivity contribution in [1.29, 1.82) is 0 Å². The fourth-order valence-corrected chi connectivity index (χ4v) is 5.04. The van der Waals surface area contributed by atoms with Crippen LogP contribution >= 0.6 is 0 Å². The van der Waals surface area contributed by atoms with Crippen molar-refractivity contribution in [3.63, 3.8) is 0 Å². The zero-order valence-corrected chi connectivity index (χ0v) is 20.2. The number of carboxylic acids is 1. The molecule has 0 radical (unpaired) electrons. The van der Waals surface area contributed by atoms with Gasteiger partial charge in [0, 0.05) is 10.9 Å². The summed E-state index contributed by atoms with van der Waals surface area (Å²) in [5.74, 6) is -0.0214. The van der Waals surface area contributed by atoms with Crippen molar-refractivity contribution >= 4 is 16.9 Å². The Bertz CT molecular complexity index is 1570. The van der Waals surface area contributed by atoms with Gasteiger partial charge in [-0.1, -0.05) is 72.8 Å². The molecule has 5 heteroatoms. The van der Waals surface area contributed by atoms with Crippen molar-refractivity contribution in [2.24, 2.45) is 5.92 Å². The predicted octanol–water partition coefficient (Wildman–Crippen LogP) is 7.57. The SMILES string of the molecule is O=C(O)c1c(-c2cccc(OCC3CC3)c2)c2ccccc2n1C(c1ccccc1)c1ccc(F)cc1. The quantitative estimate of drug-likeness (QED) is 0.244. The van der Waals surface area contributed by atoms with E-state index in [9.17, 15) is 14.3 Å². The first-order valence-corrected chi connectivity index (χ1v) is 12.5. The standard InChI is InChI=1S/C32H26FNO3/c33-25-17-15-23(16-18-25)30(22-7-2-1-3-8-22)34-28-12-5-4-11-27(28)29(31(34)32(35)36)24-9-6-10-26(19-24)37-20-21-13-14-21/h1-12,15-19,21,30H,13-14,20H2,(H,35,36). The Morgan fingerprint density at radius 1 is 0.892 bits per heavy atom. The summed E-state index contributed by atoms with van der Waals surface area (Å²) < 4.78 is 21.8. The number of carbonyl (C=O) groups is 1. The Labute approximate surface area is 214 Å². The van der Waals surface area contributed by atoms with Crippen LogP contribution < -0.4 is 4.74 Å². The van der Waals surface area contributed by atoms with E-state index in [4.69, 9.17) is 4.74 Å². The van der Waals surface area contributed by atoms with Gasteiger partial charge in [0.05, 0.1) is 18.2 Å². The van der Waals surface area contributed by atoms with Crippen LogP contribution in [0.25, 0.3) is 22.0 Å². The number of para-hydroxylation sites is 1. The first-order valence-electron chi connectivity index (χ1n) is 12.5. The molecule has 1 N–H and O–H groups in total. The minimum Gasteiger partial charge on any atom is -0.493 e. The van der Waals surface area contributed by atoms with Gasteiger partial charge in [-0.2, -0.15) is 0 Å². The number of nitrogens with zero attached hydrogens (tertiary/aromatic N) is 1. The number of hydrogen-bond donors (Lipinski definition) is 1. The molecular formula is C32H26FNO3. The van der Waals surface area contributed by atoms with Crippen LogP contribution in [-0.4, -0.2) is 22.2 Å². The second-order valence-electron chi connectivity index (χ2n) is 9.56. The van der Waals surface area contributed by atoms with Gasteiger partial charge in [-0.3, -0.25) is 0 Å². The highest BCUT2D eigenvalue weighted by molar-refractivity contribution is 6.08. The summed E-state index contributed by atoms with van der Waals surface area (Å²) in [7, 11) is 0. The molecule has 1 fully saturated rings. The smallest absolute Gasteiger partial charge is 0.353 e. The molecule has 6 rings (SSSR count). The average Bonchev–Trinajstić information content (AvgIpc) is 3.70. The van der Waals surface area contributed by atoms with Gasteiger partial charge >= 0.3 is 5.97 Å². The zero-order chi connectivity index (χ0) is 25.4. The summed E-state index contributed by atoms with van der Waals surface area (Å²) in [5.41, 5.74) is 4.10. The normalized spacial score (nSPS) is 14.0. The molecule has 0 bridgehead atoms. The minimum atomic E-state index is -1.03. The van der Waals surface area contributed by atoms with Gasteiger partial charge in [0.2, 0.25) is 0 Å². The minimum absolute atomic E-state index is 0.179. The number of hydrogen-bond acceptors (Lipinski definition) is 2. The molecule has 0 aliphatic heterocycles. The van der Waals surface area contributed by atoms with E-state index in [2.05, 4.69) is 0 Å². The second-order valence-corrected chi connectivity index (χ2v) is 9.56. The van der Waals surface area contributed by atoms with Gasteiger partial charge in [0.25, 0.3) is 0 Å². The Kier molecular flexibility index (Phi) is 5.97. The maximum atomic E-state index is 13.9. The largest absolute Gasteiger partial charge is 0.493 e. The summed E-state index contributed by atoms with van der Waals surface area (Å²) in [6.45, 7) is 0.678. The number of fused-ring (bicyclic) bond motifs is 1. The number of halogens is 1. The Balaban J connectivity index is 1.60. The predicted molar refractivity (Wildman–Crippen MR) is 143 cm³/mol. The fourth-order valence-electron chi connectivity index (χ4n) is 5.04. The second kappa shape index (κ2) is 9.58. The lowest BCUT2D eigenvalue weighted by Gasteiger charge is -2.23. The van der Waals surface area contributed by atoms with Crippen LogP contribution in [0.1, 0.15) is 40.5 Å². The van der Waals surface area contributed by atoms with Crippen LogP contribution in [0.2, 0.25) is 0 Å². The maximum absolute atomic E-state index is 13.9. The molecule has 184 valence electrons. The molecule has 1 atom stereocenters. The lowest BCUT2D eigenvalue weighted by Crippen LogP contribution is -2.18. The van der Waals surface area contributed by atoms with Crippen LogP contribution in [0.4, 0.5) is 4.39 Å².